The molecule has 1 aliphatic heterocycles. The zero-order valence-electron chi connectivity index (χ0n) is 17.5. The van der Waals surface area contributed by atoms with Crippen LogP contribution in [-0.2, 0) is 20.6 Å². The number of rotatable bonds is 6. The van der Waals surface area contributed by atoms with Crippen LogP contribution in [0, 0.1) is 5.92 Å². The Bertz CT molecular complexity index is 702. The van der Waals surface area contributed by atoms with Crippen LogP contribution in [0.3, 0.4) is 0 Å². The molecule has 1 aromatic heterocycles. The van der Waals surface area contributed by atoms with Crippen LogP contribution in [-0.4, -0.2) is 48.2 Å². The minimum atomic E-state index is -0.323. The van der Waals surface area contributed by atoms with Gasteiger partial charge in [0.15, 0.2) is 5.79 Å². The Morgan fingerprint density at radius 3 is 2.52 bits per heavy atom. The summed E-state index contributed by atoms with van der Waals surface area (Å²) < 4.78 is 17.2. The second kappa shape index (κ2) is 8.98. The molecule has 7 nitrogen and oxygen atoms in total. The highest BCUT2D eigenvalue weighted by Crippen LogP contribution is 2.39. The summed E-state index contributed by atoms with van der Waals surface area (Å²) >= 11 is 0. The van der Waals surface area contributed by atoms with Crippen LogP contribution in [0.2, 0.25) is 0 Å². The third-order valence-corrected chi connectivity index (χ3v) is 6.72. The summed E-state index contributed by atoms with van der Waals surface area (Å²) in [6, 6.07) is 0.396. The number of hydrogen-bond acceptors (Lipinski definition) is 7. The zero-order valence-corrected chi connectivity index (χ0v) is 17.5. The predicted molar refractivity (Wildman–Crippen MR) is 112 cm³/mol. The molecule has 3 N–H and O–H groups in total. The number of nitrogens with one attached hydrogen (secondary N) is 1. The number of ether oxygens (including phenoxy) is 3. The molecular weight excluding hydrogens is 368 g/mol. The molecule has 0 aromatic carbocycles. The SMILES string of the molecule is C=C(N)c1cnc(NC2CCC(OC)CC2)nc1CC1CCC2(CC1)OCCO2. The first-order chi connectivity index (χ1) is 14.1. The van der Waals surface area contributed by atoms with E-state index in [0.29, 0.717) is 29.7 Å². The molecule has 2 saturated carbocycles. The summed E-state index contributed by atoms with van der Waals surface area (Å²) in [5, 5.41) is 3.52. The van der Waals surface area contributed by atoms with Gasteiger partial charge in [0.2, 0.25) is 5.95 Å². The summed E-state index contributed by atoms with van der Waals surface area (Å²) in [5.41, 5.74) is 8.42. The second-order valence-corrected chi connectivity index (χ2v) is 8.69. The van der Waals surface area contributed by atoms with E-state index in [2.05, 4.69) is 16.9 Å². The van der Waals surface area contributed by atoms with E-state index in [1.807, 2.05) is 6.20 Å². The van der Waals surface area contributed by atoms with Crippen molar-refractivity contribution in [2.24, 2.45) is 11.7 Å². The van der Waals surface area contributed by atoms with Gasteiger partial charge in [0.1, 0.15) is 0 Å². The van der Waals surface area contributed by atoms with Gasteiger partial charge >= 0.3 is 0 Å². The fraction of sp³-hybridized carbons (Fsp3) is 0.727. The molecule has 2 aliphatic carbocycles. The Labute approximate surface area is 173 Å². The lowest BCUT2D eigenvalue weighted by atomic mass is 9.82. The second-order valence-electron chi connectivity index (χ2n) is 8.69. The van der Waals surface area contributed by atoms with E-state index >= 15 is 0 Å². The van der Waals surface area contributed by atoms with E-state index in [-0.39, 0.29) is 5.79 Å². The number of nitrogens with two attached hydrogens (primary N) is 1. The van der Waals surface area contributed by atoms with Crippen LogP contribution < -0.4 is 11.1 Å². The monoisotopic (exact) mass is 402 g/mol. The van der Waals surface area contributed by atoms with Crippen molar-refractivity contribution in [3.63, 3.8) is 0 Å². The summed E-state index contributed by atoms with van der Waals surface area (Å²) in [6.07, 6.45) is 11.4. The van der Waals surface area contributed by atoms with Gasteiger partial charge in [-0.1, -0.05) is 6.58 Å². The minimum absolute atomic E-state index is 0.323. The lowest BCUT2D eigenvalue weighted by Crippen LogP contribution is -2.35. The van der Waals surface area contributed by atoms with E-state index in [1.54, 1.807) is 7.11 Å². The third kappa shape index (κ3) is 4.90. The van der Waals surface area contributed by atoms with Crippen LogP contribution in [0.5, 0.6) is 0 Å². The molecule has 0 radical (unpaired) electrons. The molecule has 29 heavy (non-hydrogen) atoms. The molecule has 0 unspecified atom stereocenters. The van der Waals surface area contributed by atoms with E-state index in [1.165, 1.54) is 0 Å². The molecule has 1 saturated heterocycles. The highest BCUT2D eigenvalue weighted by molar-refractivity contribution is 5.62. The zero-order chi connectivity index (χ0) is 20.3. The fourth-order valence-electron chi connectivity index (χ4n) is 4.92. The Morgan fingerprint density at radius 1 is 1.21 bits per heavy atom. The first-order valence-corrected chi connectivity index (χ1v) is 10.9. The van der Waals surface area contributed by atoms with Crippen LogP contribution in [0.1, 0.15) is 62.6 Å². The van der Waals surface area contributed by atoms with Gasteiger partial charge < -0.3 is 25.3 Å². The normalized spacial score (nSPS) is 27.2. The molecule has 3 fully saturated rings. The van der Waals surface area contributed by atoms with Gasteiger partial charge in [-0.15, -0.1) is 0 Å². The number of hydrogen-bond donors (Lipinski definition) is 2. The molecule has 4 rings (SSSR count). The van der Waals surface area contributed by atoms with Crippen molar-refractivity contribution in [2.75, 3.05) is 25.6 Å². The number of anilines is 1. The number of nitrogens with zero attached hydrogens (tertiary/aromatic N) is 2. The van der Waals surface area contributed by atoms with Crippen LogP contribution in [0.15, 0.2) is 12.8 Å². The van der Waals surface area contributed by atoms with Gasteiger partial charge in [-0.25, -0.2) is 9.97 Å². The summed E-state index contributed by atoms with van der Waals surface area (Å²) in [4.78, 5) is 9.36. The maximum Gasteiger partial charge on any atom is 0.223 e. The van der Waals surface area contributed by atoms with Crippen LogP contribution >= 0.6 is 0 Å². The van der Waals surface area contributed by atoms with Crippen molar-refractivity contribution in [3.8, 4) is 0 Å². The molecule has 7 heteroatoms. The summed E-state index contributed by atoms with van der Waals surface area (Å²) in [5.74, 6) is 0.919. The van der Waals surface area contributed by atoms with Crippen molar-refractivity contribution < 1.29 is 14.2 Å². The molecule has 0 amide bonds. The molecule has 0 atom stereocenters. The largest absolute Gasteiger partial charge is 0.399 e. The molecule has 3 aliphatic rings. The number of aromatic nitrogens is 2. The van der Waals surface area contributed by atoms with Gasteiger partial charge in [-0.3, -0.25) is 0 Å². The molecular formula is C22H34N4O3. The van der Waals surface area contributed by atoms with Crippen molar-refractivity contribution in [3.05, 3.63) is 24.0 Å². The Morgan fingerprint density at radius 2 is 1.90 bits per heavy atom. The van der Waals surface area contributed by atoms with Crippen molar-refractivity contribution in [1.82, 2.24) is 9.97 Å². The maximum absolute atomic E-state index is 6.03. The maximum atomic E-state index is 6.03. The van der Waals surface area contributed by atoms with Crippen molar-refractivity contribution in [2.45, 2.75) is 75.7 Å². The average Bonchev–Trinajstić information content (AvgIpc) is 3.18. The fourth-order valence-corrected chi connectivity index (χ4v) is 4.92. The molecule has 0 bridgehead atoms. The quantitative estimate of drug-likeness (QED) is 0.754. The molecule has 1 aromatic rings. The molecule has 160 valence electrons. The van der Waals surface area contributed by atoms with Gasteiger partial charge in [0.05, 0.1) is 25.0 Å². The average molecular weight is 403 g/mol. The van der Waals surface area contributed by atoms with Gasteiger partial charge in [-0.2, -0.15) is 0 Å². The first kappa shape index (κ1) is 20.6. The summed E-state index contributed by atoms with van der Waals surface area (Å²) in [7, 11) is 1.80. The van der Waals surface area contributed by atoms with Gasteiger partial charge in [0.25, 0.3) is 0 Å². The topological polar surface area (TPSA) is 91.5 Å². The number of methoxy groups -OCH3 is 1. The first-order valence-electron chi connectivity index (χ1n) is 10.9. The minimum Gasteiger partial charge on any atom is -0.399 e. The van der Waals surface area contributed by atoms with Gasteiger partial charge in [-0.05, 0) is 50.9 Å². The van der Waals surface area contributed by atoms with Crippen molar-refractivity contribution >= 4 is 11.6 Å². The van der Waals surface area contributed by atoms with E-state index in [4.69, 9.17) is 24.9 Å². The van der Waals surface area contributed by atoms with E-state index in [0.717, 1.165) is 82.3 Å². The smallest absolute Gasteiger partial charge is 0.223 e. The molecule has 1 spiro atoms. The third-order valence-electron chi connectivity index (χ3n) is 6.72. The van der Waals surface area contributed by atoms with E-state index in [9.17, 15) is 0 Å². The summed E-state index contributed by atoms with van der Waals surface area (Å²) in [6.45, 7) is 5.36. The van der Waals surface area contributed by atoms with Gasteiger partial charge in [0, 0.05) is 43.5 Å². The van der Waals surface area contributed by atoms with Crippen LogP contribution in [0.25, 0.3) is 5.70 Å². The standard InChI is InChI=1S/C22H34N4O3/c1-15(23)19-14-24-21(25-17-3-5-18(27-2)6-4-17)26-20(19)13-16-7-9-22(10-8-16)28-11-12-29-22/h14,16-18H,1,3-13,23H2,2H3,(H,24,25,26). The lowest BCUT2D eigenvalue weighted by Gasteiger charge is -2.35. The van der Waals surface area contributed by atoms with Crippen LogP contribution in [0.4, 0.5) is 5.95 Å². The van der Waals surface area contributed by atoms with Crippen molar-refractivity contribution in [1.29, 1.82) is 0 Å². The predicted octanol–water partition coefficient (Wildman–Crippen LogP) is 3.25. The van der Waals surface area contributed by atoms with E-state index < -0.39 is 0 Å². The Balaban J connectivity index is 1.40. The highest BCUT2D eigenvalue weighted by Gasteiger charge is 2.40. The lowest BCUT2D eigenvalue weighted by molar-refractivity contribution is -0.182. The Kier molecular flexibility index (Phi) is 6.37. The molecule has 2 heterocycles. The highest BCUT2D eigenvalue weighted by atomic mass is 16.7. The Hall–Kier alpha value is -1.70.